The van der Waals surface area contributed by atoms with E-state index in [2.05, 4.69) is 0 Å². The van der Waals surface area contributed by atoms with E-state index in [1.807, 2.05) is 36.4 Å². The van der Waals surface area contributed by atoms with Crippen molar-refractivity contribution in [3.05, 3.63) is 59.7 Å². The van der Waals surface area contributed by atoms with E-state index >= 15 is 0 Å². The number of carboxylic acids is 1. The third-order valence-electron chi connectivity index (χ3n) is 2.67. The summed E-state index contributed by atoms with van der Waals surface area (Å²) in [4.78, 5) is 11.1. The average Bonchev–Trinajstić information content (AvgIpc) is 2.46. The van der Waals surface area contributed by atoms with Gasteiger partial charge in [-0.3, -0.25) is 0 Å². The number of carboxylic acid groups (broad SMARTS) is 1. The first-order valence-electron chi connectivity index (χ1n) is 5.79. The molecular formula is C15H14O3Se. The van der Waals surface area contributed by atoms with Crippen LogP contribution in [0, 0.1) is 0 Å². The summed E-state index contributed by atoms with van der Waals surface area (Å²) < 4.78 is 6.04. The van der Waals surface area contributed by atoms with Crippen LogP contribution in [0.3, 0.4) is 0 Å². The van der Waals surface area contributed by atoms with E-state index in [4.69, 9.17) is 9.84 Å². The number of hydrogen-bond acceptors (Lipinski definition) is 2. The van der Waals surface area contributed by atoms with Crippen molar-refractivity contribution in [3.63, 3.8) is 0 Å². The van der Waals surface area contributed by atoms with Gasteiger partial charge in [0.1, 0.15) is 0 Å². The van der Waals surface area contributed by atoms with E-state index in [0.717, 1.165) is 15.5 Å². The van der Waals surface area contributed by atoms with Crippen molar-refractivity contribution < 1.29 is 14.6 Å². The molecule has 0 saturated carbocycles. The van der Waals surface area contributed by atoms with Crippen molar-refractivity contribution in [2.45, 2.75) is 5.32 Å². The monoisotopic (exact) mass is 322 g/mol. The van der Waals surface area contributed by atoms with E-state index in [1.165, 1.54) is 5.56 Å². The van der Waals surface area contributed by atoms with Gasteiger partial charge >= 0.3 is 118 Å². The molecule has 98 valence electrons. The Hall–Kier alpha value is -1.77. The minimum atomic E-state index is -0.854. The van der Waals surface area contributed by atoms with Gasteiger partial charge in [-0.1, -0.05) is 0 Å². The van der Waals surface area contributed by atoms with Crippen LogP contribution < -0.4 is 9.20 Å². The zero-order valence-electron chi connectivity index (χ0n) is 10.5. The summed E-state index contributed by atoms with van der Waals surface area (Å²) in [6.07, 6.45) is 0. The molecule has 0 atom stereocenters. The van der Waals surface area contributed by atoms with Crippen LogP contribution in [0.4, 0.5) is 0 Å². The molecule has 0 aromatic heterocycles. The topological polar surface area (TPSA) is 46.5 Å². The number of aromatic carboxylic acids is 1. The summed E-state index contributed by atoms with van der Waals surface area (Å²) in [6, 6.07) is 15.1. The number of methoxy groups -OCH3 is 1. The molecule has 0 aliphatic heterocycles. The fourth-order valence-corrected chi connectivity index (χ4v) is 3.75. The van der Waals surface area contributed by atoms with Crippen LogP contribution in [0.1, 0.15) is 15.9 Å². The van der Waals surface area contributed by atoms with Gasteiger partial charge < -0.3 is 0 Å². The SMILES string of the molecule is COc1ccc(C[Se]c2ccccc2C(=O)O)cc1. The molecule has 0 amide bonds. The van der Waals surface area contributed by atoms with Crippen LogP contribution in [0.5, 0.6) is 5.75 Å². The molecule has 0 radical (unpaired) electrons. The van der Waals surface area contributed by atoms with Crippen molar-refractivity contribution >= 4 is 25.4 Å². The molecular weight excluding hydrogens is 307 g/mol. The first-order chi connectivity index (χ1) is 9.20. The molecule has 2 rings (SSSR count). The van der Waals surface area contributed by atoms with E-state index in [9.17, 15) is 4.79 Å². The van der Waals surface area contributed by atoms with Gasteiger partial charge in [-0.15, -0.1) is 0 Å². The zero-order valence-corrected chi connectivity index (χ0v) is 12.2. The third-order valence-corrected chi connectivity index (χ3v) is 5.07. The summed E-state index contributed by atoms with van der Waals surface area (Å²) in [7, 11) is 1.64. The normalized spacial score (nSPS) is 10.2. The number of hydrogen-bond donors (Lipinski definition) is 1. The Balaban J connectivity index is 2.07. The summed E-state index contributed by atoms with van der Waals surface area (Å²) in [5, 5.41) is 10.0. The van der Waals surface area contributed by atoms with Crippen molar-refractivity contribution in [1.29, 1.82) is 0 Å². The summed E-state index contributed by atoms with van der Waals surface area (Å²) in [5.74, 6) is -0.0191. The van der Waals surface area contributed by atoms with Crippen LogP contribution in [-0.4, -0.2) is 33.1 Å². The second-order valence-electron chi connectivity index (χ2n) is 3.94. The minimum absolute atomic E-state index is 0.115. The van der Waals surface area contributed by atoms with E-state index in [-0.39, 0.29) is 15.0 Å². The predicted octanol–water partition coefficient (Wildman–Crippen LogP) is 1.92. The molecule has 0 saturated heterocycles. The Kier molecular flexibility index (Phi) is 4.61. The number of benzene rings is 2. The van der Waals surface area contributed by atoms with Gasteiger partial charge in [0.25, 0.3) is 0 Å². The molecule has 0 aliphatic carbocycles. The molecule has 0 unspecified atom stereocenters. The van der Waals surface area contributed by atoms with Gasteiger partial charge in [0, 0.05) is 0 Å². The Morgan fingerprint density at radius 1 is 1.16 bits per heavy atom. The van der Waals surface area contributed by atoms with Gasteiger partial charge in [0.2, 0.25) is 0 Å². The fraction of sp³-hybridized carbons (Fsp3) is 0.133. The Labute approximate surface area is 118 Å². The van der Waals surface area contributed by atoms with Crippen LogP contribution >= 0.6 is 0 Å². The Bertz CT molecular complexity index is 564. The van der Waals surface area contributed by atoms with Crippen LogP contribution in [0.25, 0.3) is 0 Å². The van der Waals surface area contributed by atoms with Crippen molar-refractivity contribution in [2.75, 3.05) is 7.11 Å². The molecule has 0 bridgehead atoms. The fourth-order valence-electron chi connectivity index (χ4n) is 1.65. The first kappa shape index (κ1) is 13.7. The molecule has 2 aromatic rings. The van der Waals surface area contributed by atoms with Crippen LogP contribution in [0.2, 0.25) is 0 Å². The standard InChI is InChI=1S/C15H14O3Se/c1-18-12-8-6-11(7-9-12)10-19-14-5-3-2-4-13(14)15(16)17/h2-9H,10H2,1H3,(H,16,17). The molecule has 0 heterocycles. The molecule has 3 nitrogen and oxygen atoms in total. The van der Waals surface area contributed by atoms with E-state index in [1.54, 1.807) is 19.2 Å². The van der Waals surface area contributed by atoms with Gasteiger partial charge in [-0.05, 0) is 0 Å². The Morgan fingerprint density at radius 2 is 1.84 bits per heavy atom. The first-order valence-corrected chi connectivity index (χ1v) is 7.85. The molecule has 0 fully saturated rings. The summed E-state index contributed by atoms with van der Waals surface area (Å²) >= 11 is 0.115. The molecule has 19 heavy (non-hydrogen) atoms. The quantitative estimate of drug-likeness (QED) is 0.856. The number of carbonyl (C=O) groups is 1. The average molecular weight is 321 g/mol. The van der Waals surface area contributed by atoms with Crippen molar-refractivity contribution in [3.8, 4) is 5.75 Å². The molecule has 0 aliphatic rings. The third kappa shape index (κ3) is 3.60. The molecule has 1 N–H and O–H groups in total. The second-order valence-corrected chi connectivity index (χ2v) is 6.07. The van der Waals surface area contributed by atoms with E-state index in [0.29, 0.717) is 5.56 Å². The molecule has 0 spiro atoms. The zero-order chi connectivity index (χ0) is 13.7. The van der Waals surface area contributed by atoms with Crippen LogP contribution in [0.15, 0.2) is 48.5 Å². The molecule has 4 heteroatoms. The maximum absolute atomic E-state index is 11.1. The number of ether oxygens (including phenoxy) is 1. The molecule has 2 aromatic carbocycles. The maximum atomic E-state index is 11.1. The van der Waals surface area contributed by atoms with Crippen molar-refractivity contribution in [2.24, 2.45) is 0 Å². The summed E-state index contributed by atoms with van der Waals surface area (Å²) in [6.45, 7) is 0. The number of rotatable bonds is 5. The second kappa shape index (κ2) is 6.41. The van der Waals surface area contributed by atoms with Gasteiger partial charge in [-0.2, -0.15) is 0 Å². The Morgan fingerprint density at radius 3 is 2.47 bits per heavy atom. The van der Waals surface area contributed by atoms with Crippen LogP contribution in [-0.2, 0) is 5.32 Å². The van der Waals surface area contributed by atoms with Crippen molar-refractivity contribution in [1.82, 2.24) is 0 Å². The summed E-state index contributed by atoms with van der Waals surface area (Å²) in [5.41, 5.74) is 1.61. The predicted molar refractivity (Wildman–Crippen MR) is 75.5 cm³/mol. The van der Waals surface area contributed by atoms with Gasteiger partial charge in [-0.25, -0.2) is 0 Å². The van der Waals surface area contributed by atoms with Gasteiger partial charge in [0.15, 0.2) is 0 Å². The van der Waals surface area contributed by atoms with Gasteiger partial charge in [0.05, 0.1) is 0 Å². The van der Waals surface area contributed by atoms with E-state index < -0.39 is 5.97 Å².